The zero-order valence-electron chi connectivity index (χ0n) is 14.5. The summed E-state index contributed by atoms with van der Waals surface area (Å²) in [5.74, 6) is -0.879. The first-order valence-electron chi connectivity index (χ1n) is 8.03. The summed E-state index contributed by atoms with van der Waals surface area (Å²) in [7, 11) is -3.81. The standard InChI is InChI=1S/C18H21FN2O4S/c1-12-10-15(6-7-17(12)19)20-18(23)14-4-3-5-16(11-14)26(24,25)21-13(2)8-9-22/h3-7,10-11,13,21-22H,8-9H2,1-2H3,(H,20,23). The second-order valence-electron chi connectivity index (χ2n) is 5.98. The predicted molar refractivity (Wildman–Crippen MR) is 97.0 cm³/mol. The Morgan fingerprint density at radius 3 is 2.62 bits per heavy atom. The molecule has 0 saturated heterocycles. The molecule has 0 fully saturated rings. The molecular weight excluding hydrogens is 359 g/mol. The van der Waals surface area contributed by atoms with Gasteiger partial charge in [-0.25, -0.2) is 17.5 Å². The van der Waals surface area contributed by atoms with Crippen molar-refractivity contribution in [1.82, 2.24) is 4.72 Å². The molecule has 26 heavy (non-hydrogen) atoms. The van der Waals surface area contributed by atoms with Crippen LogP contribution >= 0.6 is 0 Å². The first-order chi connectivity index (χ1) is 12.2. The number of halogens is 1. The van der Waals surface area contributed by atoms with Crippen LogP contribution in [-0.4, -0.2) is 32.1 Å². The highest BCUT2D eigenvalue weighted by atomic mass is 32.2. The number of rotatable bonds is 7. The van der Waals surface area contributed by atoms with Crippen LogP contribution in [-0.2, 0) is 10.0 Å². The molecule has 0 aliphatic carbocycles. The summed E-state index contributed by atoms with van der Waals surface area (Å²) in [6.07, 6.45) is 0.281. The van der Waals surface area contributed by atoms with E-state index in [1.807, 2.05) is 0 Å². The Bertz CT molecular complexity index is 900. The maximum absolute atomic E-state index is 13.3. The van der Waals surface area contributed by atoms with Gasteiger partial charge in [-0.05, 0) is 62.2 Å². The van der Waals surface area contributed by atoms with Gasteiger partial charge < -0.3 is 10.4 Å². The number of nitrogens with one attached hydrogen (secondary N) is 2. The number of amides is 1. The van der Waals surface area contributed by atoms with Crippen molar-refractivity contribution in [3.8, 4) is 0 Å². The minimum absolute atomic E-state index is 0.0507. The van der Waals surface area contributed by atoms with Crippen molar-refractivity contribution in [2.24, 2.45) is 0 Å². The Labute approximate surface area is 152 Å². The minimum Gasteiger partial charge on any atom is -0.396 e. The molecule has 2 aromatic rings. The van der Waals surface area contributed by atoms with Crippen molar-refractivity contribution in [3.63, 3.8) is 0 Å². The van der Waals surface area contributed by atoms with E-state index in [2.05, 4.69) is 10.0 Å². The summed E-state index contributed by atoms with van der Waals surface area (Å²) in [6.45, 7) is 3.09. The molecule has 3 N–H and O–H groups in total. The van der Waals surface area contributed by atoms with Gasteiger partial charge in [0.25, 0.3) is 5.91 Å². The maximum Gasteiger partial charge on any atom is 0.255 e. The van der Waals surface area contributed by atoms with Crippen LogP contribution in [0.1, 0.15) is 29.3 Å². The first-order valence-corrected chi connectivity index (χ1v) is 9.52. The molecule has 1 amide bonds. The highest BCUT2D eigenvalue weighted by Gasteiger charge is 2.19. The molecule has 0 aliphatic rings. The van der Waals surface area contributed by atoms with Gasteiger partial charge in [-0.1, -0.05) is 6.07 Å². The normalized spacial score (nSPS) is 12.6. The molecule has 1 atom stereocenters. The second-order valence-corrected chi connectivity index (χ2v) is 7.69. The third-order valence-electron chi connectivity index (χ3n) is 3.74. The molecule has 2 rings (SSSR count). The fourth-order valence-electron chi connectivity index (χ4n) is 2.32. The Hall–Kier alpha value is -2.29. The summed E-state index contributed by atoms with van der Waals surface area (Å²) in [4.78, 5) is 12.3. The van der Waals surface area contributed by atoms with E-state index in [-0.39, 0.29) is 29.3 Å². The number of carbonyl (C=O) groups is 1. The topological polar surface area (TPSA) is 95.5 Å². The van der Waals surface area contributed by atoms with E-state index in [4.69, 9.17) is 5.11 Å². The van der Waals surface area contributed by atoms with Gasteiger partial charge in [0, 0.05) is 23.9 Å². The molecule has 8 heteroatoms. The predicted octanol–water partition coefficient (Wildman–Crippen LogP) is 2.44. The minimum atomic E-state index is -3.81. The van der Waals surface area contributed by atoms with Gasteiger partial charge in [-0.15, -0.1) is 0 Å². The lowest BCUT2D eigenvalue weighted by Crippen LogP contribution is -2.33. The number of carbonyl (C=O) groups excluding carboxylic acids is 1. The van der Waals surface area contributed by atoms with Crippen molar-refractivity contribution >= 4 is 21.6 Å². The summed E-state index contributed by atoms with van der Waals surface area (Å²) in [5, 5.41) is 11.5. The maximum atomic E-state index is 13.3. The third-order valence-corrected chi connectivity index (χ3v) is 5.33. The molecule has 0 radical (unpaired) electrons. The van der Waals surface area contributed by atoms with Crippen molar-refractivity contribution in [2.75, 3.05) is 11.9 Å². The van der Waals surface area contributed by atoms with Crippen LogP contribution < -0.4 is 10.0 Å². The summed E-state index contributed by atoms with van der Waals surface area (Å²) in [5.41, 5.74) is 0.961. The SMILES string of the molecule is Cc1cc(NC(=O)c2cccc(S(=O)(=O)NC(C)CCO)c2)ccc1F. The lowest BCUT2D eigenvalue weighted by molar-refractivity contribution is 0.102. The van der Waals surface area contributed by atoms with Crippen LogP contribution in [0.3, 0.4) is 0 Å². The van der Waals surface area contributed by atoms with Gasteiger partial charge >= 0.3 is 0 Å². The van der Waals surface area contributed by atoms with Gasteiger partial charge in [-0.2, -0.15) is 0 Å². The Balaban J connectivity index is 2.19. The molecule has 0 spiro atoms. The van der Waals surface area contributed by atoms with Crippen LogP contribution in [0, 0.1) is 12.7 Å². The number of hydrogen-bond acceptors (Lipinski definition) is 4. The molecule has 0 aliphatic heterocycles. The molecule has 6 nitrogen and oxygen atoms in total. The Kier molecular flexibility index (Phi) is 6.47. The zero-order valence-corrected chi connectivity index (χ0v) is 15.3. The largest absolute Gasteiger partial charge is 0.396 e. The summed E-state index contributed by atoms with van der Waals surface area (Å²) < 4.78 is 40.5. The smallest absolute Gasteiger partial charge is 0.255 e. The summed E-state index contributed by atoms with van der Waals surface area (Å²) in [6, 6.07) is 9.33. The van der Waals surface area contributed by atoms with E-state index in [1.54, 1.807) is 13.8 Å². The fourth-order valence-corrected chi connectivity index (χ4v) is 3.64. The van der Waals surface area contributed by atoms with Crippen molar-refractivity contribution in [1.29, 1.82) is 0 Å². The van der Waals surface area contributed by atoms with Crippen LogP contribution in [0.5, 0.6) is 0 Å². The lowest BCUT2D eigenvalue weighted by Gasteiger charge is -2.13. The average molecular weight is 380 g/mol. The van der Waals surface area contributed by atoms with Crippen molar-refractivity contribution < 1.29 is 22.7 Å². The van der Waals surface area contributed by atoms with E-state index in [1.165, 1.54) is 42.5 Å². The summed E-state index contributed by atoms with van der Waals surface area (Å²) >= 11 is 0. The van der Waals surface area contributed by atoms with Crippen molar-refractivity contribution in [3.05, 3.63) is 59.4 Å². The number of benzene rings is 2. The molecular formula is C18H21FN2O4S. The van der Waals surface area contributed by atoms with Crippen LogP contribution in [0.25, 0.3) is 0 Å². The lowest BCUT2D eigenvalue weighted by atomic mass is 10.2. The number of anilines is 1. The number of aliphatic hydroxyl groups is 1. The molecule has 0 saturated carbocycles. The Morgan fingerprint density at radius 1 is 1.23 bits per heavy atom. The molecule has 0 aromatic heterocycles. The molecule has 1 unspecified atom stereocenters. The van der Waals surface area contributed by atoms with E-state index in [9.17, 15) is 17.6 Å². The van der Waals surface area contributed by atoms with E-state index < -0.39 is 22.0 Å². The first kappa shape index (κ1) is 20.0. The number of aryl methyl sites for hydroxylation is 1. The average Bonchev–Trinajstić information content (AvgIpc) is 2.58. The molecule has 0 bridgehead atoms. The molecule has 2 aromatic carbocycles. The highest BCUT2D eigenvalue weighted by molar-refractivity contribution is 7.89. The molecule has 140 valence electrons. The van der Waals surface area contributed by atoms with E-state index in [0.717, 1.165) is 0 Å². The van der Waals surface area contributed by atoms with E-state index in [0.29, 0.717) is 11.3 Å². The van der Waals surface area contributed by atoms with E-state index >= 15 is 0 Å². The molecule has 0 heterocycles. The fraction of sp³-hybridized carbons (Fsp3) is 0.278. The van der Waals surface area contributed by atoms with Gasteiger partial charge in [0.05, 0.1) is 4.90 Å². The van der Waals surface area contributed by atoms with Gasteiger partial charge in [0.15, 0.2) is 0 Å². The second kappa shape index (κ2) is 8.39. The third kappa shape index (κ3) is 5.10. The number of aliphatic hydroxyl groups excluding tert-OH is 1. The van der Waals surface area contributed by atoms with Crippen LogP contribution in [0.4, 0.5) is 10.1 Å². The quantitative estimate of drug-likeness (QED) is 0.687. The number of hydrogen-bond donors (Lipinski definition) is 3. The van der Waals surface area contributed by atoms with Gasteiger partial charge in [-0.3, -0.25) is 4.79 Å². The van der Waals surface area contributed by atoms with Crippen molar-refractivity contribution in [2.45, 2.75) is 31.2 Å². The highest BCUT2D eigenvalue weighted by Crippen LogP contribution is 2.17. The zero-order chi connectivity index (χ0) is 19.3. The monoisotopic (exact) mass is 380 g/mol. The number of sulfonamides is 1. The van der Waals surface area contributed by atoms with Crippen LogP contribution in [0.2, 0.25) is 0 Å². The van der Waals surface area contributed by atoms with Crippen LogP contribution in [0.15, 0.2) is 47.4 Å². The Morgan fingerprint density at radius 2 is 1.96 bits per heavy atom. The van der Waals surface area contributed by atoms with Gasteiger partial charge in [0.1, 0.15) is 5.82 Å². The van der Waals surface area contributed by atoms with Gasteiger partial charge in [0.2, 0.25) is 10.0 Å².